The molecule has 3 aromatic rings. The zero-order chi connectivity index (χ0) is 22.8. The third kappa shape index (κ3) is 4.25. The number of methoxy groups -OCH3 is 1. The summed E-state index contributed by atoms with van der Waals surface area (Å²) < 4.78 is 7.44. The van der Waals surface area contributed by atoms with Crippen LogP contribution in [0, 0.1) is 13.8 Å². The minimum absolute atomic E-state index is 0.00725. The molecule has 1 aliphatic heterocycles. The molecule has 0 amide bonds. The van der Waals surface area contributed by atoms with Crippen molar-refractivity contribution in [2.45, 2.75) is 32.4 Å². The third-order valence-electron chi connectivity index (χ3n) is 5.91. The fourth-order valence-corrected chi connectivity index (χ4v) is 5.20. The van der Waals surface area contributed by atoms with Gasteiger partial charge in [-0.05, 0) is 68.4 Å². The lowest BCUT2D eigenvalue weighted by molar-refractivity contribution is 0.180. The summed E-state index contributed by atoms with van der Waals surface area (Å²) in [5.41, 5.74) is 5.19. The van der Waals surface area contributed by atoms with Gasteiger partial charge in [0.05, 0.1) is 33.5 Å². The molecule has 0 saturated carbocycles. The van der Waals surface area contributed by atoms with E-state index in [0.29, 0.717) is 16.7 Å². The smallest absolute Gasteiger partial charge is 0.170 e. The van der Waals surface area contributed by atoms with Crippen LogP contribution in [0.5, 0.6) is 0 Å². The molecule has 168 valence electrons. The Morgan fingerprint density at radius 3 is 2.69 bits per heavy atom. The SMILES string of the molecule is COCCCN1C(=S)N[C@H](c2ccccn2)[C@H]1c1cc(C)n(-c2cccc(Cl)c2Cl)c1C. The summed E-state index contributed by atoms with van der Waals surface area (Å²) in [6, 6.07) is 13.8. The molecule has 0 radical (unpaired) electrons. The second-order valence-corrected chi connectivity index (χ2v) is 9.07. The van der Waals surface area contributed by atoms with Gasteiger partial charge in [0.15, 0.2) is 5.11 Å². The van der Waals surface area contributed by atoms with Crippen LogP contribution >= 0.6 is 35.4 Å². The van der Waals surface area contributed by atoms with E-state index >= 15 is 0 Å². The summed E-state index contributed by atoms with van der Waals surface area (Å²) in [7, 11) is 1.72. The van der Waals surface area contributed by atoms with Gasteiger partial charge in [-0.3, -0.25) is 4.98 Å². The first-order chi connectivity index (χ1) is 15.4. The number of hydrogen-bond acceptors (Lipinski definition) is 3. The molecule has 3 heterocycles. The van der Waals surface area contributed by atoms with Gasteiger partial charge in [0.1, 0.15) is 0 Å². The second kappa shape index (κ2) is 9.79. The molecule has 1 fully saturated rings. The lowest BCUT2D eigenvalue weighted by atomic mass is 9.96. The lowest BCUT2D eigenvalue weighted by Crippen LogP contribution is -2.31. The second-order valence-electron chi connectivity index (χ2n) is 7.90. The Morgan fingerprint density at radius 1 is 1.16 bits per heavy atom. The molecule has 32 heavy (non-hydrogen) atoms. The number of rotatable bonds is 7. The number of nitrogens with zero attached hydrogens (tertiary/aromatic N) is 3. The van der Waals surface area contributed by atoms with Crippen molar-refractivity contribution in [3.8, 4) is 5.69 Å². The Morgan fingerprint density at radius 2 is 1.97 bits per heavy atom. The average Bonchev–Trinajstić information content (AvgIpc) is 3.26. The van der Waals surface area contributed by atoms with Crippen molar-refractivity contribution in [3.05, 3.63) is 81.4 Å². The Bertz CT molecular complexity index is 1120. The first-order valence-corrected chi connectivity index (χ1v) is 11.7. The Hall–Kier alpha value is -2.12. The van der Waals surface area contributed by atoms with Crippen LogP contribution in [-0.4, -0.2) is 39.8 Å². The minimum Gasteiger partial charge on any atom is -0.385 e. The highest BCUT2D eigenvalue weighted by atomic mass is 35.5. The molecule has 1 N–H and O–H groups in total. The molecule has 2 aromatic heterocycles. The van der Waals surface area contributed by atoms with E-state index in [9.17, 15) is 0 Å². The van der Waals surface area contributed by atoms with Gasteiger partial charge in [-0.15, -0.1) is 0 Å². The van der Waals surface area contributed by atoms with Crippen molar-refractivity contribution >= 4 is 40.5 Å². The van der Waals surface area contributed by atoms with E-state index in [1.54, 1.807) is 13.2 Å². The molecule has 0 aliphatic carbocycles. The van der Waals surface area contributed by atoms with Crippen LogP contribution < -0.4 is 5.32 Å². The molecular formula is C24H26Cl2N4OS. The van der Waals surface area contributed by atoms with E-state index in [0.717, 1.165) is 40.8 Å². The standard InChI is InChI=1S/C24H26Cl2N4OS/c1-15-14-17(16(2)30(15)20-10-6-8-18(25)21(20)26)23-22(19-9-4-5-11-27-19)28-24(32)29(23)12-7-13-31-3/h4-6,8-11,14,22-23H,7,12-13H2,1-3H3,(H,28,32)/t22-,23-/m1/s1. The number of halogens is 2. The molecule has 1 aromatic carbocycles. The molecule has 0 spiro atoms. The number of nitrogens with one attached hydrogen (secondary N) is 1. The van der Waals surface area contributed by atoms with Crippen molar-refractivity contribution in [3.63, 3.8) is 0 Å². The summed E-state index contributed by atoms with van der Waals surface area (Å²) in [4.78, 5) is 6.88. The van der Waals surface area contributed by atoms with Gasteiger partial charge >= 0.3 is 0 Å². The average molecular weight is 489 g/mol. The monoisotopic (exact) mass is 488 g/mol. The molecule has 0 unspecified atom stereocenters. The molecule has 4 rings (SSSR count). The fourth-order valence-electron chi connectivity index (χ4n) is 4.49. The Kier molecular flexibility index (Phi) is 7.05. The normalized spacial score (nSPS) is 18.3. The van der Waals surface area contributed by atoms with Gasteiger partial charge in [-0.1, -0.05) is 35.3 Å². The molecule has 1 aliphatic rings. The van der Waals surface area contributed by atoms with Crippen LogP contribution in [0.2, 0.25) is 10.0 Å². The zero-order valence-corrected chi connectivity index (χ0v) is 20.6. The van der Waals surface area contributed by atoms with E-state index in [1.165, 1.54) is 5.56 Å². The first kappa shape index (κ1) is 23.1. The summed E-state index contributed by atoms with van der Waals surface area (Å²) in [5, 5.41) is 5.32. The Balaban J connectivity index is 1.82. The fraction of sp³-hybridized carbons (Fsp3) is 0.333. The molecular weight excluding hydrogens is 463 g/mol. The summed E-state index contributed by atoms with van der Waals surface area (Å²) in [6.45, 7) is 5.66. The van der Waals surface area contributed by atoms with E-state index in [4.69, 9.17) is 40.2 Å². The number of hydrogen-bond donors (Lipinski definition) is 1. The highest BCUT2D eigenvalue weighted by Crippen LogP contribution is 2.42. The van der Waals surface area contributed by atoms with Crippen molar-refractivity contribution in [1.82, 2.24) is 19.8 Å². The molecule has 1 saturated heterocycles. The van der Waals surface area contributed by atoms with Crippen LogP contribution in [0.25, 0.3) is 5.69 Å². The molecule has 8 heteroatoms. The first-order valence-electron chi connectivity index (χ1n) is 10.5. The number of thiocarbonyl (C=S) groups is 1. The topological polar surface area (TPSA) is 42.3 Å². The van der Waals surface area contributed by atoms with Crippen molar-refractivity contribution in [2.75, 3.05) is 20.3 Å². The van der Waals surface area contributed by atoms with E-state index < -0.39 is 0 Å². The number of aromatic nitrogens is 2. The molecule has 5 nitrogen and oxygen atoms in total. The third-order valence-corrected chi connectivity index (χ3v) is 7.07. The summed E-state index contributed by atoms with van der Waals surface area (Å²) >= 11 is 18.7. The maximum atomic E-state index is 6.58. The predicted molar refractivity (Wildman–Crippen MR) is 134 cm³/mol. The number of benzene rings is 1. The van der Waals surface area contributed by atoms with Crippen molar-refractivity contribution in [1.29, 1.82) is 0 Å². The van der Waals surface area contributed by atoms with Gasteiger partial charge in [0.2, 0.25) is 0 Å². The van der Waals surface area contributed by atoms with Gasteiger partial charge in [-0.25, -0.2) is 0 Å². The number of aryl methyl sites for hydroxylation is 1. The lowest BCUT2D eigenvalue weighted by Gasteiger charge is -2.28. The van der Waals surface area contributed by atoms with Crippen molar-refractivity contribution < 1.29 is 4.74 Å². The highest BCUT2D eigenvalue weighted by molar-refractivity contribution is 7.80. The quantitative estimate of drug-likeness (QED) is 0.335. The Labute approximate surface area is 204 Å². The van der Waals surface area contributed by atoms with Gasteiger partial charge in [0.25, 0.3) is 0 Å². The molecule has 0 bridgehead atoms. The van der Waals surface area contributed by atoms with Crippen LogP contribution in [0.3, 0.4) is 0 Å². The zero-order valence-electron chi connectivity index (χ0n) is 18.3. The van der Waals surface area contributed by atoms with Gasteiger partial charge < -0.3 is 19.5 Å². The van der Waals surface area contributed by atoms with Crippen LogP contribution in [0.15, 0.2) is 48.7 Å². The van der Waals surface area contributed by atoms with Gasteiger partial charge in [-0.2, -0.15) is 0 Å². The predicted octanol–water partition coefficient (Wildman–Crippen LogP) is 5.80. The number of ether oxygens (including phenoxy) is 1. The van der Waals surface area contributed by atoms with E-state index in [2.05, 4.69) is 39.7 Å². The van der Waals surface area contributed by atoms with Crippen LogP contribution in [0.1, 0.15) is 41.1 Å². The van der Waals surface area contributed by atoms with E-state index in [1.807, 2.05) is 36.5 Å². The van der Waals surface area contributed by atoms with E-state index in [-0.39, 0.29) is 12.1 Å². The van der Waals surface area contributed by atoms with Crippen LogP contribution in [-0.2, 0) is 4.74 Å². The maximum Gasteiger partial charge on any atom is 0.170 e. The van der Waals surface area contributed by atoms with Crippen molar-refractivity contribution in [2.24, 2.45) is 0 Å². The molecule has 2 atom stereocenters. The minimum atomic E-state index is -0.0602. The van der Waals surface area contributed by atoms with Crippen LogP contribution in [0.4, 0.5) is 0 Å². The maximum absolute atomic E-state index is 6.58. The summed E-state index contributed by atoms with van der Waals surface area (Å²) in [6.07, 6.45) is 2.70. The summed E-state index contributed by atoms with van der Waals surface area (Å²) in [5.74, 6) is 0. The largest absolute Gasteiger partial charge is 0.385 e. The number of pyridine rings is 1. The highest BCUT2D eigenvalue weighted by Gasteiger charge is 2.41. The van der Waals surface area contributed by atoms with Gasteiger partial charge in [0, 0.05) is 37.8 Å².